The maximum atomic E-state index is 11.7. The molecule has 0 saturated carbocycles. The van der Waals surface area contributed by atoms with Crippen molar-refractivity contribution in [1.29, 1.82) is 0 Å². The summed E-state index contributed by atoms with van der Waals surface area (Å²) in [4.78, 5) is 27.0. The molecule has 1 aromatic rings. The summed E-state index contributed by atoms with van der Waals surface area (Å²) in [6.07, 6.45) is 2.61. The van der Waals surface area contributed by atoms with Crippen LogP contribution >= 0.6 is 11.3 Å². The topological polar surface area (TPSA) is 101 Å². The third kappa shape index (κ3) is 3.42. The Labute approximate surface area is 114 Å². The van der Waals surface area contributed by atoms with E-state index in [4.69, 9.17) is 9.84 Å². The third-order valence-corrected chi connectivity index (χ3v) is 3.73. The minimum Gasteiger partial charge on any atom is -0.479 e. The number of ether oxygens (including phenoxy) is 1. The van der Waals surface area contributed by atoms with Gasteiger partial charge in [-0.05, 0) is 0 Å². The lowest BCUT2D eigenvalue weighted by atomic mass is 9.99. The van der Waals surface area contributed by atoms with Crippen LogP contribution in [-0.4, -0.2) is 47.4 Å². The Morgan fingerprint density at radius 1 is 1.58 bits per heavy atom. The van der Waals surface area contributed by atoms with E-state index in [1.54, 1.807) is 6.20 Å². The SMILES string of the molecule is O=C(NCCc1nccs1)NC1(C(=O)O)CCOC1. The van der Waals surface area contributed by atoms with Crippen molar-refractivity contribution in [2.75, 3.05) is 19.8 Å². The second kappa shape index (κ2) is 5.98. The van der Waals surface area contributed by atoms with Gasteiger partial charge in [-0.3, -0.25) is 0 Å². The number of aromatic nitrogens is 1. The number of rotatable bonds is 5. The van der Waals surface area contributed by atoms with Gasteiger partial charge in [0.15, 0.2) is 5.54 Å². The molecule has 8 heteroatoms. The number of nitrogens with zero attached hydrogens (tertiary/aromatic N) is 1. The summed E-state index contributed by atoms with van der Waals surface area (Å²) < 4.78 is 5.05. The second-order valence-electron chi connectivity index (χ2n) is 4.25. The molecule has 1 aliphatic heterocycles. The smallest absolute Gasteiger partial charge is 0.332 e. The molecule has 2 rings (SSSR count). The van der Waals surface area contributed by atoms with E-state index in [1.807, 2.05) is 5.38 Å². The van der Waals surface area contributed by atoms with Crippen molar-refractivity contribution in [1.82, 2.24) is 15.6 Å². The summed E-state index contributed by atoms with van der Waals surface area (Å²) >= 11 is 1.51. The molecule has 0 aromatic carbocycles. The largest absolute Gasteiger partial charge is 0.479 e. The van der Waals surface area contributed by atoms with Gasteiger partial charge in [0, 0.05) is 37.6 Å². The molecule has 3 N–H and O–H groups in total. The first-order chi connectivity index (χ1) is 9.12. The van der Waals surface area contributed by atoms with E-state index in [2.05, 4.69) is 15.6 Å². The highest BCUT2D eigenvalue weighted by Gasteiger charge is 2.43. The number of nitrogens with one attached hydrogen (secondary N) is 2. The van der Waals surface area contributed by atoms with Gasteiger partial charge in [0.25, 0.3) is 0 Å². The highest BCUT2D eigenvalue weighted by Crippen LogP contribution is 2.18. The van der Waals surface area contributed by atoms with Crippen LogP contribution in [0.15, 0.2) is 11.6 Å². The van der Waals surface area contributed by atoms with Crippen LogP contribution in [0.5, 0.6) is 0 Å². The summed E-state index contributed by atoms with van der Waals surface area (Å²) in [5.74, 6) is -1.07. The van der Waals surface area contributed by atoms with Gasteiger partial charge in [-0.2, -0.15) is 0 Å². The fourth-order valence-electron chi connectivity index (χ4n) is 1.81. The standard InChI is InChI=1S/C11H15N3O4S/c15-9(16)11(2-5-18-7-11)14-10(17)13-3-1-8-12-4-6-19-8/h4,6H,1-3,5,7H2,(H,15,16)(H2,13,14,17). The van der Waals surface area contributed by atoms with Crippen LogP contribution in [0.2, 0.25) is 0 Å². The van der Waals surface area contributed by atoms with Gasteiger partial charge in [0.2, 0.25) is 0 Å². The average molecular weight is 285 g/mol. The number of hydrogen-bond acceptors (Lipinski definition) is 5. The lowest BCUT2D eigenvalue weighted by molar-refractivity contribution is -0.144. The molecule has 1 aliphatic rings. The van der Waals surface area contributed by atoms with Gasteiger partial charge in [0.05, 0.1) is 11.6 Å². The molecule has 0 radical (unpaired) electrons. The molecular formula is C11H15N3O4S. The molecule has 2 amide bonds. The van der Waals surface area contributed by atoms with E-state index in [0.717, 1.165) is 5.01 Å². The fraction of sp³-hybridized carbons (Fsp3) is 0.545. The molecule has 1 unspecified atom stereocenters. The Morgan fingerprint density at radius 2 is 2.42 bits per heavy atom. The molecule has 1 saturated heterocycles. The predicted octanol–water partition coefficient (Wildman–Crippen LogP) is 0.228. The highest BCUT2D eigenvalue weighted by atomic mass is 32.1. The highest BCUT2D eigenvalue weighted by molar-refractivity contribution is 7.09. The van der Waals surface area contributed by atoms with E-state index in [1.165, 1.54) is 11.3 Å². The van der Waals surface area contributed by atoms with Crippen LogP contribution in [0.1, 0.15) is 11.4 Å². The number of amides is 2. The zero-order valence-corrected chi connectivity index (χ0v) is 11.0. The van der Waals surface area contributed by atoms with Crippen molar-refractivity contribution in [2.24, 2.45) is 0 Å². The number of aliphatic carboxylic acids is 1. The van der Waals surface area contributed by atoms with Crippen LogP contribution in [-0.2, 0) is 16.0 Å². The number of thiazole rings is 1. The number of hydrogen-bond donors (Lipinski definition) is 3. The second-order valence-corrected chi connectivity index (χ2v) is 5.23. The zero-order chi connectivity index (χ0) is 13.7. The Kier molecular flexibility index (Phi) is 4.33. The summed E-state index contributed by atoms with van der Waals surface area (Å²) in [6, 6.07) is -0.496. The van der Waals surface area contributed by atoms with Crippen LogP contribution < -0.4 is 10.6 Å². The number of carboxylic acids is 1. The van der Waals surface area contributed by atoms with Crippen molar-refractivity contribution in [3.8, 4) is 0 Å². The van der Waals surface area contributed by atoms with Crippen molar-refractivity contribution < 1.29 is 19.4 Å². The quantitative estimate of drug-likeness (QED) is 0.719. The maximum Gasteiger partial charge on any atom is 0.332 e. The van der Waals surface area contributed by atoms with E-state index >= 15 is 0 Å². The van der Waals surface area contributed by atoms with Gasteiger partial charge < -0.3 is 20.5 Å². The number of urea groups is 1. The molecule has 1 aromatic heterocycles. The van der Waals surface area contributed by atoms with Crippen molar-refractivity contribution in [2.45, 2.75) is 18.4 Å². The molecule has 1 fully saturated rings. The first kappa shape index (κ1) is 13.8. The molecule has 104 valence electrons. The Hall–Kier alpha value is -1.67. The number of carbonyl (C=O) groups is 2. The molecule has 19 heavy (non-hydrogen) atoms. The van der Waals surface area contributed by atoms with Gasteiger partial charge >= 0.3 is 12.0 Å². The zero-order valence-electron chi connectivity index (χ0n) is 10.2. The predicted molar refractivity (Wildman–Crippen MR) is 68.2 cm³/mol. The van der Waals surface area contributed by atoms with E-state index in [0.29, 0.717) is 19.6 Å². The van der Waals surface area contributed by atoms with Gasteiger partial charge in [-0.25, -0.2) is 14.6 Å². The van der Waals surface area contributed by atoms with Gasteiger partial charge in [-0.15, -0.1) is 11.3 Å². The first-order valence-electron chi connectivity index (χ1n) is 5.88. The molecule has 0 spiro atoms. The van der Waals surface area contributed by atoms with Crippen molar-refractivity contribution >= 4 is 23.3 Å². The summed E-state index contributed by atoms with van der Waals surface area (Å²) in [7, 11) is 0. The Morgan fingerprint density at radius 3 is 3.00 bits per heavy atom. The van der Waals surface area contributed by atoms with E-state index < -0.39 is 17.5 Å². The number of carbonyl (C=O) groups excluding carboxylic acids is 1. The molecule has 0 aliphatic carbocycles. The molecule has 1 atom stereocenters. The Balaban J connectivity index is 1.78. The van der Waals surface area contributed by atoms with Gasteiger partial charge in [0.1, 0.15) is 0 Å². The van der Waals surface area contributed by atoms with Gasteiger partial charge in [-0.1, -0.05) is 0 Å². The van der Waals surface area contributed by atoms with Crippen LogP contribution in [0.4, 0.5) is 4.79 Å². The summed E-state index contributed by atoms with van der Waals surface area (Å²) in [5, 5.41) is 17.1. The average Bonchev–Trinajstić information content (AvgIpc) is 3.00. The van der Waals surface area contributed by atoms with Crippen LogP contribution in [0, 0.1) is 0 Å². The lowest BCUT2D eigenvalue weighted by Gasteiger charge is -2.23. The van der Waals surface area contributed by atoms with Crippen LogP contribution in [0.25, 0.3) is 0 Å². The molecule has 7 nitrogen and oxygen atoms in total. The molecular weight excluding hydrogens is 270 g/mol. The minimum absolute atomic E-state index is 0.00222. The third-order valence-electron chi connectivity index (χ3n) is 2.89. The van der Waals surface area contributed by atoms with Crippen LogP contribution in [0.3, 0.4) is 0 Å². The monoisotopic (exact) mass is 285 g/mol. The summed E-state index contributed by atoms with van der Waals surface area (Å²) in [5.41, 5.74) is -1.30. The van der Waals surface area contributed by atoms with Crippen molar-refractivity contribution in [3.63, 3.8) is 0 Å². The number of carboxylic acid groups (broad SMARTS) is 1. The molecule has 0 bridgehead atoms. The fourth-order valence-corrected chi connectivity index (χ4v) is 2.43. The lowest BCUT2D eigenvalue weighted by Crippen LogP contribution is -2.57. The molecule has 2 heterocycles. The first-order valence-corrected chi connectivity index (χ1v) is 6.76. The normalized spacial score (nSPS) is 22.1. The summed E-state index contributed by atoms with van der Waals surface area (Å²) in [6.45, 7) is 0.754. The Bertz CT molecular complexity index is 443. The maximum absolute atomic E-state index is 11.7. The van der Waals surface area contributed by atoms with E-state index in [-0.39, 0.29) is 13.0 Å². The van der Waals surface area contributed by atoms with Crippen molar-refractivity contribution in [3.05, 3.63) is 16.6 Å². The van der Waals surface area contributed by atoms with E-state index in [9.17, 15) is 9.59 Å². The minimum atomic E-state index is -1.30.